The molecule has 2 rings (SSSR count). The van der Waals surface area contributed by atoms with Gasteiger partial charge in [-0.15, -0.1) is 0 Å². The summed E-state index contributed by atoms with van der Waals surface area (Å²) >= 11 is 15.6. The number of rotatable bonds is 5. The Morgan fingerprint density at radius 2 is 1.90 bits per heavy atom. The van der Waals surface area contributed by atoms with Gasteiger partial charge in [-0.25, -0.2) is 0 Å². The maximum Gasteiger partial charge on any atom is 0.120 e. The van der Waals surface area contributed by atoms with Gasteiger partial charge >= 0.3 is 0 Å². The van der Waals surface area contributed by atoms with Crippen LogP contribution >= 0.6 is 39.1 Å². The number of benzene rings is 2. The van der Waals surface area contributed by atoms with Crippen molar-refractivity contribution in [1.29, 1.82) is 0 Å². The fourth-order valence-corrected chi connectivity index (χ4v) is 2.54. The SMILES string of the molecule is CNCc1cc(OCc2cc(Cl)ccc2Cl)ccc1Br. The molecule has 0 saturated carbocycles. The minimum atomic E-state index is 0.389. The quantitative estimate of drug-likeness (QED) is 0.790. The fourth-order valence-electron chi connectivity index (χ4n) is 1.78. The Labute approximate surface area is 137 Å². The maximum absolute atomic E-state index is 6.11. The Kier molecular flexibility index (Phi) is 5.73. The van der Waals surface area contributed by atoms with E-state index in [4.69, 9.17) is 27.9 Å². The second-order valence-electron chi connectivity index (χ2n) is 4.31. The molecule has 0 saturated heterocycles. The van der Waals surface area contributed by atoms with Crippen LogP contribution in [0, 0.1) is 0 Å². The molecule has 2 aromatic carbocycles. The first kappa shape index (κ1) is 15.6. The molecule has 0 spiro atoms. The molecule has 0 atom stereocenters. The molecule has 0 bridgehead atoms. The Hall–Kier alpha value is -0.740. The Bertz CT molecular complexity index is 604. The van der Waals surface area contributed by atoms with Gasteiger partial charge in [0.15, 0.2) is 0 Å². The van der Waals surface area contributed by atoms with Gasteiger partial charge in [-0.05, 0) is 49.0 Å². The van der Waals surface area contributed by atoms with E-state index < -0.39 is 0 Å². The third-order valence-electron chi connectivity index (χ3n) is 2.79. The third-order valence-corrected chi connectivity index (χ3v) is 4.16. The van der Waals surface area contributed by atoms with Gasteiger partial charge in [0.05, 0.1) is 0 Å². The van der Waals surface area contributed by atoms with E-state index in [2.05, 4.69) is 21.2 Å². The van der Waals surface area contributed by atoms with E-state index in [9.17, 15) is 0 Å². The lowest BCUT2D eigenvalue weighted by molar-refractivity contribution is 0.306. The highest BCUT2D eigenvalue weighted by Gasteiger charge is 2.05. The smallest absolute Gasteiger partial charge is 0.120 e. The van der Waals surface area contributed by atoms with Gasteiger partial charge in [-0.3, -0.25) is 0 Å². The highest BCUT2D eigenvalue weighted by Crippen LogP contribution is 2.25. The predicted octanol–water partition coefficient (Wildman–Crippen LogP) is 5.05. The monoisotopic (exact) mass is 373 g/mol. The summed E-state index contributed by atoms with van der Waals surface area (Å²) < 4.78 is 6.83. The van der Waals surface area contributed by atoms with Crippen LogP contribution in [0.1, 0.15) is 11.1 Å². The molecule has 2 nitrogen and oxygen atoms in total. The molecule has 0 radical (unpaired) electrons. The third kappa shape index (κ3) is 4.13. The van der Waals surface area contributed by atoms with Crippen LogP contribution in [-0.2, 0) is 13.2 Å². The first-order valence-electron chi connectivity index (χ1n) is 6.10. The molecule has 0 aromatic heterocycles. The van der Waals surface area contributed by atoms with E-state index in [1.54, 1.807) is 12.1 Å². The van der Waals surface area contributed by atoms with Gasteiger partial charge in [0, 0.05) is 26.6 Å². The van der Waals surface area contributed by atoms with E-state index in [0.29, 0.717) is 16.7 Å². The predicted molar refractivity (Wildman–Crippen MR) is 87.7 cm³/mol. The molecular weight excluding hydrogens is 361 g/mol. The van der Waals surface area contributed by atoms with E-state index in [0.717, 1.165) is 27.9 Å². The van der Waals surface area contributed by atoms with Crippen molar-refractivity contribution in [2.24, 2.45) is 0 Å². The van der Waals surface area contributed by atoms with Crippen LogP contribution in [0.3, 0.4) is 0 Å². The Balaban J connectivity index is 2.10. The Morgan fingerprint density at radius 3 is 2.65 bits per heavy atom. The van der Waals surface area contributed by atoms with Crippen molar-refractivity contribution >= 4 is 39.1 Å². The van der Waals surface area contributed by atoms with Crippen molar-refractivity contribution < 1.29 is 4.74 Å². The zero-order valence-electron chi connectivity index (χ0n) is 10.9. The average Bonchev–Trinajstić information content (AvgIpc) is 2.43. The molecule has 0 aliphatic carbocycles. The largest absolute Gasteiger partial charge is 0.489 e. The van der Waals surface area contributed by atoms with Crippen LogP contribution in [0.4, 0.5) is 0 Å². The number of halogens is 3. The zero-order chi connectivity index (χ0) is 14.5. The van der Waals surface area contributed by atoms with Gasteiger partial charge in [0.1, 0.15) is 12.4 Å². The van der Waals surface area contributed by atoms with Crippen molar-refractivity contribution in [3.05, 3.63) is 62.0 Å². The van der Waals surface area contributed by atoms with Gasteiger partial charge in [0.2, 0.25) is 0 Å². The number of hydrogen-bond donors (Lipinski definition) is 1. The zero-order valence-corrected chi connectivity index (χ0v) is 14.0. The molecule has 5 heteroatoms. The lowest BCUT2D eigenvalue weighted by atomic mass is 10.2. The maximum atomic E-state index is 6.11. The van der Waals surface area contributed by atoms with Crippen LogP contribution in [0.2, 0.25) is 10.0 Å². The van der Waals surface area contributed by atoms with Crippen LogP contribution < -0.4 is 10.1 Å². The van der Waals surface area contributed by atoms with Crippen molar-refractivity contribution in [3.63, 3.8) is 0 Å². The van der Waals surface area contributed by atoms with Crippen LogP contribution in [0.5, 0.6) is 5.75 Å². The molecule has 106 valence electrons. The van der Waals surface area contributed by atoms with Crippen LogP contribution in [-0.4, -0.2) is 7.05 Å². The summed E-state index contributed by atoms with van der Waals surface area (Å²) in [6.07, 6.45) is 0. The minimum Gasteiger partial charge on any atom is -0.489 e. The second-order valence-corrected chi connectivity index (χ2v) is 6.01. The number of ether oxygens (including phenoxy) is 1. The Morgan fingerprint density at radius 1 is 1.10 bits per heavy atom. The summed E-state index contributed by atoms with van der Waals surface area (Å²) in [7, 11) is 1.91. The van der Waals surface area contributed by atoms with Crippen molar-refractivity contribution in [1.82, 2.24) is 5.32 Å². The lowest BCUT2D eigenvalue weighted by Gasteiger charge is -2.11. The molecule has 2 aromatic rings. The summed E-state index contributed by atoms with van der Waals surface area (Å²) in [5.41, 5.74) is 2.01. The standard InChI is InChI=1S/C15H14BrCl2NO/c1-19-8-10-7-13(3-4-14(10)16)20-9-11-6-12(17)2-5-15(11)18/h2-7,19H,8-9H2,1H3. The second kappa shape index (κ2) is 7.32. The normalized spacial score (nSPS) is 10.6. The summed E-state index contributed by atoms with van der Waals surface area (Å²) in [6, 6.07) is 11.2. The summed E-state index contributed by atoms with van der Waals surface area (Å²) in [5.74, 6) is 0.800. The molecular formula is C15H14BrCl2NO. The molecule has 20 heavy (non-hydrogen) atoms. The van der Waals surface area contributed by atoms with Gasteiger partial charge in [-0.2, -0.15) is 0 Å². The highest BCUT2D eigenvalue weighted by molar-refractivity contribution is 9.10. The summed E-state index contributed by atoms with van der Waals surface area (Å²) in [5, 5.41) is 4.43. The minimum absolute atomic E-state index is 0.389. The molecule has 0 fully saturated rings. The molecule has 0 amide bonds. The molecule has 0 unspecified atom stereocenters. The van der Waals surface area contributed by atoms with Crippen LogP contribution in [0.15, 0.2) is 40.9 Å². The number of hydrogen-bond acceptors (Lipinski definition) is 2. The fraction of sp³-hybridized carbons (Fsp3) is 0.200. The summed E-state index contributed by atoms with van der Waals surface area (Å²) in [4.78, 5) is 0. The molecule has 1 N–H and O–H groups in total. The van der Waals surface area contributed by atoms with E-state index >= 15 is 0 Å². The van der Waals surface area contributed by atoms with Crippen molar-refractivity contribution in [2.45, 2.75) is 13.2 Å². The topological polar surface area (TPSA) is 21.3 Å². The first-order valence-corrected chi connectivity index (χ1v) is 7.65. The average molecular weight is 375 g/mol. The first-order chi connectivity index (χ1) is 9.60. The number of nitrogens with one attached hydrogen (secondary N) is 1. The van der Waals surface area contributed by atoms with E-state index in [-0.39, 0.29) is 0 Å². The summed E-state index contributed by atoms with van der Waals surface area (Å²) in [6.45, 7) is 1.16. The van der Waals surface area contributed by atoms with Crippen molar-refractivity contribution in [3.8, 4) is 5.75 Å². The van der Waals surface area contributed by atoms with E-state index in [1.807, 2.05) is 31.3 Å². The van der Waals surface area contributed by atoms with Gasteiger partial charge in [0.25, 0.3) is 0 Å². The molecule has 0 aliphatic heterocycles. The van der Waals surface area contributed by atoms with Crippen molar-refractivity contribution in [2.75, 3.05) is 7.05 Å². The molecule has 0 aliphatic rings. The highest BCUT2D eigenvalue weighted by atomic mass is 79.9. The van der Waals surface area contributed by atoms with Gasteiger partial charge < -0.3 is 10.1 Å². The van der Waals surface area contributed by atoms with Gasteiger partial charge in [-0.1, -0.05) is 39.1 Å². The van der Waals surface area contributed by atoms with Crippen LogP contribution in [0.25, 0.3) is 0 Å². The van der Waals surface area contributed by atoms with E-state index in [1.165, 1.54) is 0 Å². The lowest BCUT2D eigenvalue weighted by Crippen LogP contribution is -2.06. The molecule has 0 heterocycles.